The summed E-state index contributed by atoms with van der Waals surface area (Å²) in [6.07, 6.45) is 5.37. The third-order valence-corrected chi connectivity index (χ3v) is 6.07. The van der Waals surface area contributed by atoms with Gasteiger partial charge in [-0.05, 0) is 46.4 Å². The molecule has 5 rings (SSSR count). The van der Waals surface area contributed by atoms with E-state index in [0.717, 1.165) is 39.4 Å². The fraction of sp³-hybridized carbons (Fsp3) is 0.103. The topological polar surface area (TPSA) is 20.2 Å². The lowest BCUT2D eigenvalue weighted by Gasteiger charge is -2.33. The summed E-state index contributed by atoms with van der Waals surface area (Å²) in [6.45, 7) is 2.13. The molecule has 1 aliphatic rings. The molecule has 4 aromatic rings. The van der Waals surface area contributed by atoms with Gasteiger partial charge in [0, 0.05) is 5.56 Å². The van der Waals surface area contributed by atoms with Crippen molar-refractivity contribution in [3.8, 4) is 0 Å². The van der Waals surface area contributed by atoms with Gasteiger partial charge in [-0.1, -0.05) is 115 Å². The van der Waals surface area contributed by atoms with E-state index in [1.54, 1.807) is 0 Å². The number of fused-ring (bicyclic) bond motifs is 1. The maximum absolute atomic E-state index is 12.6. The number of hydrogen-bond acceptors (Lipinski definition) is 1. The first-order valence-electron chi connectivity index (χ1n) is 10.4. The van der Waals surface area contributed by atoms with E-state index in [1.807, 2.05) is 60.7 Å². The first kappa shape index (κ1) is 18.6. The van der Waals surface area contributed by atoms with E-state index in [2.05, 4.69) is 55.5 Å². The third kappa shape index (κ3) is 2.99. The molecule has 0 heterocycles. The maximum atomic E-state index is 12.6. The third-order valence-electron chi connectivity index (χ3n) is 6.07. The van der Waals surface area contributed by atoms with Gasteiger partial charge in [-0.2, -0.15) is 0 Å². The average molecular weight is 389 g/mol. The fourth-order valence-electron chi connectivity index (χ4n) is 4.59. The van der Waals surface area contributed by atoms with Crippen molar-refractivity contribution in [1.82, 2.24) is 0 Å². The molecule has 1 nitrogen and oxygen atoms in total. The molecular weight excluding hydrogens is 364 g/mol. The Morgan fingerprint density at radius 1 is 0.700 bits per heavy atom. The van der Waals surface area contributed by atoms with Crippen molar-refractivity contribution in [1.29, 1.82) is 0 Å². The minimum absolute atomic E-state index is 0.872. The zero-order valence-corrected chi connectivity index (χ0v) is 17.0. The number of allylic oxidation sites excluding steroid dienone is 4. The van der Waals surface area contributed by atoms with E-state index in [1.165, 1.54) is 11.1 Å². The molecule has 0 fully saturated rings. The lowest BCUT2D eigenvalue weighted by Crippen LogP contribution is -2.30. The predicted octanol–water partition coefficient (Wildman–Crippen LogP) is 6.86. The Labute approximate surface area is 177 Å². The Balaban J connectivity index is 1.90. The lowest BCUT2D eigenvalue weighted by molar-refractivity contribution is 0.127. The lowest BCUT2D eigenvalue weighted by atomic mass is 9.75. The summed E-state index contributed by atoms with van der Waals surface area (Å²) in [7, 11) is 0. The van der Waals surface area contributed by atoms with Crippen LogP contribution < -0.4 is 0 Å². The van der Waals surface area contributed by atoms with E-state index in [4.69, 9.17) is 0 Å². The van der Waals surface area contributed by atoms with Crippen LogP contribution in [0.25, 0.3) is 16.3 Å². The van der Waals surface area contributed by atoms with Crippen LogP contribution in [0, 0.1) is 0 Å². The van der Waals surface area contributed by atoms with E-state index in [0.29, 0.717) is 0 Å². The van der Waals surface area contributed by atoms with E-state index >= 15 is 0 Å². The van der Waals surface area contributed by atoms with Gasteiger partial charge in [0.2, 0.25) is 0 Å². The average Bonchev–Trinajstić information content (AvgIpc) is 3.25. The second-order valence-corrected chi connectivity index (χ2v) is 7.97. The van der Waals surface area contributed by atoms with Crippen LogP contribution in [0.4, 0.5) is 0 Å². The molecule has 0 radical (unpaired) electrons. The molecule has 0 atom stereocenters. The van der Waals surface area contributed by atoms with Gasteiger partial charge in [0.1, 0.15) is 5.60 Å². The molecule has 4 aromatic carbocycles. The van der Waals surface area contributed by atoms with Crippen LogP contribution in [-0.2, 0) is 5.60 Å². The Morgan fingerprint density at radius 2 is 1.30 bits per heavy atom. The van der Waals surface area contributed by atoms with E-state index in [-0.39, 0.29) is 0 Å². The molecule has 0 aliphatic heterocycles. The van der Waals surface area contributed by atoms with Crippen LogP contribution in [0.1, 0.15) is 35.6 Å². The van der Waals surface area contributed by atoms with Crippen molar-refractivity contribution >= 4 is 16.3 Å². The van der Waals surface area contributed by atoms with Crippen molar-refractivity contribution in [3.63, 3.8) is 0 Å². The normalized spacial score (nSPS) is 13.9. The summed E-state index contributed by atoms with van der Waals surface area (Å²) >= 11 is 0. The molecular formula is C29H24O. The summed E-state index contributed by atoms with van der Waals surface area (Å²) < 4.78 is 0. The highest BCUT2D eigenvalue weighted by atomic mass is 16.3. The molecule has 0 amide bonds. The monoisotopic (exact) mass is 388 g/mol. The Morgan fingerprint density at radius 3 is 1.90 bits per heavy atom. The molecule has 1 aliphatic carbocycles. The SMILES string of the molecule is CC1=CCC(c2ccc3ccccc3c2C(O)(c2ccccc2)c2ccccc2)=C1. The van der Waals surface area contributed by atoms with E-state index < -0.39 is 5.60 Å². The summed E-state index contributed by atoms with van der Waals surface area (Å²) in [5.74, 6) is 0. The van der Waals surface area contributed by atoms with Crippen LogP contribution in [0.3, 0.4) is 0 Å². The Kier molecular flexibility index (Phi) is 4.61. The van der Waals surface area contributed by atoms with Crippen LogP contribution in [0.2, 0.25) is 0 Å². The van der Waals surface area contributed by atoms with Gasteiger partial charge in [-0.3, -0.25) is 0 Å². The standard InChI is InChI=1S/C29H24O/c1-21-16-17-23(20-21)27-19-18-22-10-8-9-15-26(22)28(27)29(30,24-11-4-2-5-12-24)25-13-6-3-7-14-25/h2-16,18-20,30H,17H2,1H3. The fourth-order valence-corrected chi connectivity index (χ4v) is 4.59. The Hall–Kier alpha value is -3.42. The molecule has 30 heavy (non-hydrogen) atoms. The molecule has 146 valence electrons. The van der Waals surface area contributed by atoms with Crippen LogP contribution in [0.15, 0.2) is 115 Å². The highest BCUT2D eigenvalue weighted by Gasteiger charge is 2.37. The van der Waals surface area contributed by atoms with Gasteiger partial charge < -0.3 is 5.11 Å². The van der Waals surface area contributed by atoms with Gasteiger partial charge in [0.15, 0.2) is 0 Å². The molecule has 1 N–H and O–H groups in total. The highest BCUT2D eigenvalue weighted by Crippen LogP contribution is 2.45. The highest BCUT2D eigenvalue weighted by molar-refractivity contribution is 5.93. The first-order chi connectivity index (χ1) is 14.7. The Bertz CT molecular complexity index is 1220. The van der Waals surface area contributed by atoms with Crippen molar-refractivity contribution in [2.24, 2.45) is 0 Å². The number of aliphatic hydroxyl groups is 1. The van der Waals surface area contributed by atoms with Crippen LogP contribution in [-0.4, -0.2) is 5.11 Å². The minimum Gasteiger partial charge on any atom is -0.376 e. The predicted molar refractivity (Wildman–Crippen MR) is 125 cm³/mol. The maximum Gasteiger partial charge on any atom is 0.141 e. The first-order valence-corrected chi connectivity index (χ1v) is 10.4. The zero-order valence-electron chi connectivity index (χ0n) is 17.0. The van der Waals surface area contributed by atoms with Crippen LogP contribution >= 0.6 is 0 Å². The summed E-state index contributed by atoms with van der Waals surface area (Å²) in [5, 5.41) is 14.8. The van der Waals surface area contributed by atoms with Gasteiger partial charge in [0.25, 0.3) is 0 Å². The summed E-state index contributed by atoms with van der Waals surface area (Å²) in [4.78, 5) is 0. The smallest absolute Gasteiger partial charge is 0.141 e. The zero-order chi connectivity index (χ0) is 20.6. The van der Waals surface area contributed by atoms with Gasteiger partial charge in [-0.25, -0.2) is 0 Å². The molecule has 0 spiro atoms. The summed E-state index contributed by atoms with van der Waals surface area (Å²) in [6, 6.07) is 32.7. The van der Waals surface area contributed by atoms with Crippen molar-refractivity contribution in [2.45, 2.75) is 18.9 Å². The molecule has 0 saturated carbocycles. The molecule has 0 saturated heterocycles. The quantitative estimate of drug-likeness (QED) is 0.379. The second-order valence-electron chi connectivity index (χ2n) is 7.97. The van der Waals surface area contributed by atoms with Crippen molar-refractivity contribution in [3.05, 3.63) is 137 Å². The van der Waals surface area contributed by atoms with E-state index in [9.17, 15) is 5.11 Å². The number of benzene rings is 4. The molecule has 0 aromatic heterocycles. The van der Waals surface area contributed by atoms with Crippen molar-refractivity contribution < 1.29 is 5.11 Å². The van der Waals surface area contributed by atoms with Gasteiger partial charge in [-0.15, -0.1) is 0 Å². The van der Waals surface area contributed by atoms with Crippen molar-refractivity contribution in [2.75, 3.05) is 0 Å². The molecule has 1 heteroatoms. The number of rotatable bonds is 4. The van der Waals surface area contributed by atoms with Crippen LogP contribution in [0.5, 0.6) is 0 Å². The minimum atomic E-state index is -1.27. The molecule has 0 bridgehead atoms. The number of hydrogen-bond donors (Lipinski definition) is 1. The summed E-state index contributed by atoms with van der Waals surface area (Å²) in [5.41, 5.74) is 5.06. The van der Waals surface area contributed by atoms with Gasteiger partial charge in [0.05, 0.1) is 0 Å². The van der Waals surface area contributed by atoms with Gasteiger partial charge >= 0.3 is 0 Å². The largest absolute Gasteiger partial charge is 0.376 e. The molecule has 0 unspecified atom stereocenters. The second kappa shape index (κ2) is 7.44.